The molecule has 0 aromatic rings. The first-order valence-corrected chi connectivity index (χ1v) is 4.23. The molecule has 0 fully saturated rings. The molecule has 2 aliphatic rings. The minimum atomic E-state index is 1.03. The minimum Gasteiger partial charge on any atom is -0.261 e. The Balaban J connectivity index is 2.84. The third kappa shape index (κ3) is 0.468. The lowest BCUT2D eigenvalue weighted by atomic mass is 10.5. The van der Waals surface area contributed by atoms with Crippen LogP contribution in [0.15, 0.2) is 12.4 Å². The summed E-state index contributed by atoms with van der Waals surface area (Å²) in [5.74, 6) is 0. The molecular formula is C4H2N2S2. The zero-order valence-electron chi connectivity index (χ0n) is 3.87. The fraction of sp³-hybridized carbons (Fsp3) is 0. The van der Waals surface area contributed by atoms with Crippen molar-refractivity contribution < 1.29 is 0 Å². The zero-order valence-corrected chi connectivity index (χ0v) is 5.50. The molecule has 0 aromatic heterocycles. The van der Waals surface area contributed by atoms with Crippen LogP contribution in [0.5, 0.6) is 0 Å². The molecule has 2 rings (SSSR count). The van der Waals surface area contributed by atoms with E-state index in [9.17, 15) is 0 Å². The SMILES string of the molecule is c1ncc2ssnc1-2. The first-order chi connectivity index (χ1) is 3.97. The molecule has 0 aliphatic carbocycles. The van der Waals surface area contributed by atoms with E-state index >= 15 is 0 Å². The Labute approximate surface area is 53.7 Å². The molecule has 0 spiro atoms. The summed E-state index contributed by atoms with van der Waals surface area (Å²) in [5, 5.41) is 0. The molecular weight excluding hydrogens is 140 g/mol. The summed E-state index contributed by atoms with van der Waals surface area (Å²) >= 11 is 0. The quantitative estimate of drug-likeness (QED) is 0.523. The van der Waals surface area contributed by atoms with Crippen LogP contribution in [0.1, 0.15) is 0 Å². The second-order valence-corrected chi connectivity index (χ2v) is 3.29. The van der Waals surface area contributed by atoms with E-state index in [-0.39, 0.29) is 0 Å². The molecule has 0 bridgehead atoms. The van der Waals surface area contributed by atoms with Crippen molar-refractivity contribution in [2.75, 3.05) is 0 Å². The Morgan fingerprint density at radius 1 is 1.38 bits per heavy atom. The monoisotopic (exact) mass is 142 g/mol. The average Bonchev–Trinajstić information content (AvgIpc) is 2.15. The van der Waals surface area contributed by atoms with Gasteiger partial charge in [0.1, 0.15) is 5.69 Å². The van der Waals surface area contributed by atoms with Crippen molar-refractivity contribution >= 4 is 20.9 Å². The number of hydrogen-bond acceptors (Lipinski definition) is 4. The van der Waals surface area contributed by atoms with Gasteiger partial charge in [0, 0.05) is 16.7 Å². The van der Waals surface area contributed by atoms with Crippen molar-refractivity contribution in [1.82, 2.24) is 9.36 Å². The smallest absolute Gasteiger partial charge is 0.115 e. The molecule has 0 amide bonds. The van der Waals surface area contributed by atoms with Crippen LogP contribution in [0.25, 0.3) is 10.6 Å². The van der Waals surface area contributed by atoms with Crippen LogP contribution in [-0.2, 0) is 0 Å². The van der Waals surface area contributed by atoms with Crippen LogP contribution in [-0.4, -0.2) is 9.36 Å². The summed E-state index contributed by atoms with van der Waals surface area (Å²) in [6, 6.07) is 0. The lowest BCUT2D eigenvalue weighted by molar-refractivity contribution is 1.41. The molecule has 0 unspecified atom stereocenters. The fourth-order valence-electron chi connectivity index (χ4n) is 0.537. The molecule has 0 N–H and O–H groups in total. The van der Waals surface area contributed by atoms with Crippen LogP contribution in [0, 0.1) is 0 Å². The molecule has 0 atom stereocenters. The Kier molecular flexibility index (Phi) is 0.824. The molecule has 0 radical (unpaired) electrons. The van der Waals surface area contributed by atoms with E-state index in [1.807, 2.05) is 6.20 Å². The van der Waals surface area contributed by atoms with Crippen molar-refractivity contribution in [3.63, 3.8) is 0 Å². The second kappa shape index (κ2) is 1.50. The molecule has 2 aliphatic heterocycles. The van der Waals surface area contributed by atoms with Gasteiger partial charge in [-0.3, -0.25) is 4.98 Å². The van der Waals surface area contributed by atoms with Crippen molar-refractivity contribution in [3.05, 3.63) is 12.4 Å². The van der Waals surface area contributed by atoms with Gasteiger partial charge >= 0.3 is 0 Å². The van der Waals surface area contributed by atoms with E-state index in [4.69, 9.17) is 0 Å². The maximum Gasteiger partial charge on any atom is 0.115 e. The van der Waals surface area contributed by atoms with Gasteiger partial charge in [0.15, 0.2) is 0 Å². The summed E-state index contributed by atoms with van der Waals surface area (Å²) in [6.07, 6.45) is 3.62. The van der Waals surface area contributed by atoms with Crippen molar-refractivity contribution in [2.45, 2.75) is 0 Å². The van der Waals surface area contributed by atoms with Crippen LogP contribution in [0.4, 0.5) is 0 Å². The highest BCUT2D eigenvalue weighted by Crippen LogP contribution is 2.26. The summed E-state index contributed by atoms with van der Waals surface area (Å²) < 4.78 is 4.08. The normalized spacial score (nSPS) is 10.5. The predicted molar refractivity (Wildman–Crippen MR) is 34.4 cm³/mol. The number of nitrogens with zero attached hydrogens (tertiary/aromatic N) is 2. The van der Waals surface area contributed by atoms with E-state index in [0.29, 0.717) is 0 Å². The second-order valence-electron chi connectivity index (χ2n) is 1.41. The largest absolute Gasteiger partial charge is 0.261 e. The van der Waals surface area contributed by atoms with Gasteiger partial charge in [-0.05, 0) is 0 Å². The lowest BCUT2D eigenvalue weighted by Crippen LogP contribution is -1.58. The first-order valence-electron chi connectivity index (χ1n) is 2.12. The van der Waals surface area contributed by atoms with E-state index < -0.39 is 0 Å². The molecule has 0 aromatic carbocycles. The molecule has 40 valence electrons. The Bertz CT molecular complexity index is 203. The predicted octanol–water partition coefficient (Wildman–Crippen LogP) is 1.70. The van der Waals surface area contributed by atoms with Crippen molar-refractivity contribution in [1.29, 1.82) is 0 Å². The van der Waals surface area contributed by atoms with E-state index in [0.717, 1.165) is 5.69 Å². The number of hydrogen-bond donors (Lipinski definition) is 0. The standard InChI is InChI=1S/C4H2N2S2/c1-3-4(2-5-1)7-8-6-3/h1-2H. The maximum atomic E-state index is 4.08. The Morgan fingerprint density at radius 3 is 3.25 bits per heavy atom. The van der Waals surface area contributed by atoms with E-state index in [1.54, 1.807) is 16.5 Å². The number of fused-ring (bicyclic) bond motifs is 1. The van der Waals surface area contributed by atoms with Crippen molar-refractivity contribution in [3.8, 4) is 10.6 Å². The van der Waals surface area contributed by atoms with Crippen LogP contribution >= 0.6 is 20.9 Å². The minimum absolute atomic E-state index is 1.03. The molecule has 0 saturated heterocycles. The van der Waals surface area contributed by atoms with Crippen molar-refractivity contribution in [2.24, 2.45) is 0 Å². The lowest BCUT2D eigenvalue weighted by Gasteiger charge is -1.70. The van der Waals surface area contributed by atoms with Gasteiger partial charge in [0.25, 0.3) is 0 Å². The maximum absolute atomic E-state index is 4.08. The highest BCUT2D eigenvalue weighted by molar-refractivity contribution is 7.68. The van der Waals surface area contributed by atoms with Gasteiger partial charge in [-0.15, -0.1) is 0 Å². The Morgan fingerprint density at radius 2 is 2.38 bits per heavy atom. The van der Waals surface area contributed by atoms with Gasteiger partial charge < -0.3 is 0 Å². The number of rotatable bonds is 0. The summed E-state index contributed by atoms with van der Waals surface area (Å²) in [7, 11) is 3.17. The van der Waals surface area contributed by atoms with E-state index in [1.165, 1.54) is 15.4 Å². The third-order valence-electron chi connectivity index (χ3n) is 0.904. The molecule has 4 heteroatoms. The van der Waals surface area contributed by atoms with Gasteiger partial charge in [0.2, 0.25) is 0 Å². The molecule has 2 heterocycles. The van der Waals surface area contributed by atoms with E-state index in [2.05, 4.69) is 9.36 Å². The van der Waals surface area contributed by atoms with Crippen LogP contribution in [0.3, 0.4) is 0 Å². The fourth-order valence-corrected chi connectivity index (χ4v) is 2.20. The highest BCUT2D eigenvalue weighted by Gasteiger charge is 2.03. The van der Waals surface area contributed by atoms with Crippen LogP contribution in [0.2, 0.25) is 0 Å². The topological polar surface area (TPSA) is 25.8 Å². The molecule has 0 saturated carbocycles. The summed E-state index contributed by atoms with van der Waals surface area (Å²) in [6.45, 7) is 0. The molecule has 2 nitrogen and oxygen atoms in total. The van der Waals surface area contributed by atoms with Crippen LogP contribution < -0.4 is 0 Å². The number of aromatic nitrogens is 2. The zero-order chi connectivity index (χ0) is 5.40. The summed E-state index contributed by atoms with van der Waals surface area (Å²) in [5.41, 5.74) is 1.03. The third-order valence-corrected chi connectivity index (χ3v) is 2.73. The van der Waals surface area contributed by atoms with Gasteiger partial charge in [-0.2, -0.15) is 4.37 Å². The highest BCUT2D eigenvalue weighted by atomic mass is 32.9. The first kappa shape index (κ1) is 4.40. The Hall–Kier alpha value is -0.480. The average molecular weight is 142 g/mol. The van der Waals surface area contributed by atoms with Gasteiger partial charge in [-0.1, -0.05) is 10.3 Å². The summed E-state index contributed by atoms with van der Waals surface area (Å²) in [4.78, 5) is 5.11. The van der Waals surface area contributed by atoms with Gasteiger partial charge in [-0.25, -0.2) is 0 Å². The van der Waals surface area contributed by atoms with Gasteiger partial charge in [0.05, 0.1) is 11.1 Å². The molecule has 8 heavy (non-hydrogen) atoms.